The van der Waals surface area contributed by atoms with E-state index in [4.69, 9.17) is 11.6 Å². The molecule has 0 saturated heterocycles. The molecule has 0 aliphatic rings. The van der Waals surface area contributed by atoms with Crippen molar-refractivity contribution < 1.29 is 16.8 Å². The van der Waals surface area contributed by atoms with Crippen LogP contribution in [0.4, 0.5) is 0 Å². The maximum Gasteiger partial charge on any atom is 0.243 e. The predicted molar refractivity (Wildman–Crippen MR) is 84.2 cm³/mol. The maximum absolute atomic E-state index is 12.2. The molecule has 0 unspecified atom stereocenters. The van der Waals surface area contributed by atoms with Crippen LogP contribution in [0, 0.1) is 0 Å². The van der Waals surface area contributed by atoms with Gasteiger partial charge in [-0.2, -0.15) is 0 Å². The second-order valence-corrected chi connectivity index (χ2v) is 9.78. The summed E-state index contributed by atoms with van der Waals surface area (Å²) in [4.78, 5) is 3.55. The summed E-state index contributed by atoms with van der Waals surface area (Å²) in [5.74, 6) is 0. The number of hydrogen-bond donors (Lipinski definition) is 2. The molecule has 0 fully saturated rings. The van der Waals surface area contributed by atoms with Gasteiger partial charge in [-0.1, -0.05) is 11.6 Å². The lowest BCUT2D eigenvalue weighted by atomic mass is 10.1. The van der Waals surface area contributed by atoms with E-state index in [1.165, 1.54) is 12.3 Å². The lowest BCUT2D eigenvalue weighted by Crippen LogP contribution is -2.50. The summed E-state index contributed by atoms with van der Waals surface area (Å²) in [6.07, 6.45) is 2.37. The molecule has 0 saturated carbocycles. The largest absolute Gasteiger partial charge is 0.243 e. The van der Waals surface area contributed by atoms with Crippen LogP contribution in [0.15, 0.2) is 21.6 Å². The number of nitrogens with zero attached hydrogens (tertiary/aromatic N) is 1. The van der Waals surface area contributed by atoms with Crippen molar-refractivity contribution in [3.05, 3.63) is 21.9 Å². The standard InChI is InChI=1S/C10H15BrClN3O4S2/c1-10(2,15-20(3,16)17)6-14-21(18,19)8-4-7(11)5-13-9(8)12/h4-5,14-15H,6H2,1-3H3. The summed E-state index contributed by atoms with van der Waals surface area (Å²) in [5, 5.41) is -0.167. The molecule has 2 N–H and O–H groups in total. The number of sulfonamides is 2. The highest BCUT2D eigenvalue weighted by Crippen LogP contribution is 2.22. The molecule has 0 radical (unpaired) electrons. The molecule has 0 aliphatic carbocycles. The zero-order chi connectivity index (χ0) is 16.5. The highest BCUT2D eigenvalue weighted by atomic mass is 79.9. The topological polar surface area (TPSA) is 105 Å². The average Bonchev–Trinajstić information content (AvgIpc) is 2.27. The molecular weight excluding hydrogens is 406 g/mol. The Hall–Kier alpha value is -0.260. The van der Waals surface area contributed by atoms with Gasteiger partial charge in [0.15, 0.2) is 0 Å². The number of aromatic nitrogens is 1. The van der Waals surface area contributed by atoms with E-state index in [0.29, 0.717) is 4.47 Å². The fourth-order valence-corrected chi connectivity index (χ4v) is 4.71. The molecule has 7 nitrogen and oxygen atoms in total. The van der Waals surface area contributed by atoms with Crippen molar-refractivity contribution in [3.63, 3.8) is 0 Å². The minimum atomic E-state index is -3.91. The molecule has 0 bridgehead atoms. The van der Waals surface area contributed by atoms with E-state index in [1.54, 1.807) is 13.8 Å². The van der Waals surface area contributed by atoms with Crippen molar-refractivity contribution in [3.8, 4) is 0 Å². The molecule has 0 atom stereocenters. The molecule has 0 amide bonds. The molecule has 1 aromatic heterocycles. The van der Waals surface area contributed by atoms with E-state index in [2.05, 4.69) is 30.4 Å². The molecule has 21 heavy (non-hydrogen) atoms. The van der Waals surface area contributed by atoms with Crippen LogP contribution in [-0.2, 0) is 20.0 Å². The highest BCUT2D eigenvalue weighted by Gasteiger charge is 2.26. The average molecular weight is 421 g/mol. The third-order valence-corrected chi connectivity index (χ3v) is 5.41. The van der Waals surface area contributed by atoms with Gasteiger partial charge >= 0.3 is 0 Å². The smallest absolute Gasteiger partial charge is 0.242 e. The monoisotopic (exact) mass is 419 g/mol. The van der Waals surface area contributed by atoms with Crippen LogP contribution in [0.5, 0.6) is 0 Å². The van der Waals surface area contributed by atoms with Crippen LogP contribution in [0.2, 0.25) is 5.15 Å². The van der Waals surface area contributed by atoms with Gasteiger partial charge < -0.3 is 0 Å². The summed E-state index contributed by atoms with van der Waals surface area (Å²) >= 11 is 8.89. The molecule has 1 heterocycles. The van der Waals surface area contributed by atoms with Gasteiger partial charge in [0.05, 0.1) is 6.26 Å². The number of rotatable bonds is 6. The zero-order valence-electron chi connectivity index (χ0n) is 11.5. The summed E-state index contributed by atoms with van der Waals surface area (Å²) in [5.41, 5.74) is -0.993. The van der Waals surface area contributed by atoms with Crippen LogP contribution >= 0.6 is 27.5 Å². The first-order chi connectivity index (χ1) is 9.32. The van der Waals surface area contributed by atoms with Gasteiger partial charge in [-0.05, 0) is 35.8 Å². The summed E-state index contributed by atoms with van der Waals surface area (Å²) in [6.45, 7) is 2.96. The second-order valence-electron chi connectivity index (χ2n) is 5.03. The van der Waals surface area contributed by atoms with Crippen molar-refractivity contribution in [2.24, 2.45) is 0 Å². The van der Waals surface area contributed by atoms with Gasteiger partial charge in [0, 0.05) is 22.8 Å². The van der Waals surface area contributed by atoms with E-state index >= 15 is 0 Å². The first-order valence-corrected chi connectivity index (χ1v) is 10.2. The van der Waals surface area contributed by atoms with E-state index in [1.807, 2.05) is 0 Å². The van der Waals surface area contributed by atoms with E-state index in [9.17, 15) is 16.8 Å². The Labute approximate surface area is 137 Å². The molecule has 11 heteroatoms. The maximum atomic E-state index is 12.2. The molecule has 0 aliphatic heterocycles. The van der Waals surface area contributed by atoms with Crippen molar-refractivity contribution in [2.45, 2.75) is 24.3 Å². The lowest BCUT2D eigenvalue weighted by molar-refractivity contribution is 0.446. The van der Waals surface area contributed by atoms with E-state index in [-0.39, 0.29) is 16.6 Å². The highest BCUT2D eigenvalue weighted by molar-refractivity contribution is 9.10. The summed E-state index contributed by atoms with van der Waals surface area (Å²) in [7, 11) is -7.37. The molecular formula is C10H15BrClN3O4S2. The Morgan fingerprint density at radius 2 is 1.90 bits per heavy atom. The summed E-state index contributed by atoms with van der Waals surface area (Å²) in [6, 6.07) is 1.31. The molecule has 1 rings (SSSR count). The van der Waals surface area contributed by atoms with Crippen molar-refractivity contribution >= 4 is 47.6 Å². The van der Waals surface area contributed by atoms with E-state index in [0.717, 1.165) is 6.26 Å². The normalized spacial score (nSPS) is 13.4. The Kier molecular flexibility index (Phi) is 5.79. The first-order valence-electron chi connectivity index (χ1n) is 5.62. The van der Waals surface area contributed by atoms with Crippen LogP contribution in [0.3, 0.4) is 0 Å². The van der Waals surface area contributed by atoms with Gasteiger partial charge in [0.25, 0.3) is 0 Å². The van der Waals surface area contributed by atoms with Gasteiger partial charge in [0.2, 0.25) is 20.0 Å². The molecule has 1 aromatic rings. The molecule has 120 valence electrons. The van der Waals surface area contributed by atoms with Crippen LogP contribution in [-0.4, -0.2) is 40.2 Å². The number of halogens is 2. The minimum absolute atomic E-state index is 0.148. The quantitative estimate of drug-likeness (QED) is 0.671. The third kappa shape index (κ3) is 6.17. The van der Waals surface area contributed by atoms with Crippen LogP contribution in [0.25, 0.3) is 0 Å². The third-order valence-electron chi connectivity index (χ3n) is 2.23. The van der Waals surface area contributed by atoms with Gasteiger partial charge in [-0.25, -0.2) is 31.3 Å². The van der Waals surface area contributed by atoms with Crippen molar-refractivity contribution in [2.75, 3.05) is 12.8 Å². The fourth-order valence-electron chi connectivity index (χ4n) is 1.48. The van der Waals surface area contributed by atoms with Crippen molar-refractivity contribution in [1.29, 1.82) is 0 Å². The fraction of sp³-hybridized carbons (Fsp3) is 0.500. The van der Waals surface area contributed by atoms with Crippen LogP contribution in [0.1, 0.15) is 13.8 Å². The minimum Gasteiger partial charge on any atom is -0.242 e. The molecule has 0 aromatic carbocycles. The van der Waals surface area contributed by atoms with Gasteiger partial charge in [-0.15, -0.1) is 0 Å². The SMILES string of the molecule is CC(C)(CNS(=O)(=O)c1cc(Br)cnc1Cl)NS(C)(=O)=O. The van der Waals surface area contributed by atoms with Crippen molar-refractivity contribution in [1.82, 2.24) is 14.4 Å². The van der Waals surface area contributed by atoms with Gasteiger partial charge in [0.1, 0.15) is 10.0 Å². The lowest BCUT2D eigenvalue weighted by Gasteiger charge is -2.25. The number of pyridine rings is 1. The Morgan fingerprint density at radius 1 is 1.33 bits per heavy atom. The molecule has 0 spiro atoms. The Morgan fingerprint density at radius 3 is 2.43 bits per heavy atom. The zero-order valence-corrected chi connectivity index (χ0v) is 15.5. The first kappa shape index (κ1) is 18.8. The number of nitrogens with one attached hydrogen (secondary N) is 2. The Bertz CT molecular complexity index is 735. The number of hydrogen-bond acceptors (Lipinski definition) is 5. The summed E-state index contributed by atoms with van der Waals surface area (Å²) < 4.78 is 51.9. The van der Waals surface area contributed by atoms with E-state index < -0.39 is 25.6 Å². The van der Waals surface area contributed by atoms with Gasteiger partial charge in [-0.3, -0.25) is 0 Å². The predicted octanol–water partition coefficient (Wildman–Crippen LogP) is 1.10. The van der Waals surface area contributed by atoms with Crippen LogP contribution < -0.4 is 9.44 Å². The Balaban J connectivity index is 2.94. The second kappa shape index (κ2) is 6.47.